The lowest BCUT2D eigenvalue weighted by Crippen LogP contribution is -2.41. The van der Waals surface area contributed by atoms with Crippen molar-refractivity contribution in [1.82, 2.24) is 20.3 Å². The van der Waals surface area contributed by atoms with E-state index in [1.807, 2.05) is 0 Å². The van der Waals surface area contributed by atoms with E-state index in [4.69, 9.17) is 15.9 Å². The number of aromatic nitrogens is 3. The van der Waals surface area contributed by atoms with E-state index in [2.05, 4.69) is 25.6 Å². The van der Waals surface area contributed by atoms with Crippen molar-refractivity contribution >= 4 is 34.5 Å². The maximum absolute atomic E-state index is 12.2. The molecule has 3 aromatic rings. The topological polar surface area (TPSA) is 183 Å². The molecule has 2 aromatic heterocycles. The maximum Gasteiger partial charge on any atom is 0.326 e. The van der Waals surface area contributed by atoms with Crippen LogP contribution >= 0.6 is 0 Å². The van der Waals surface area contributed by atoms with Gasteiger partial charge in [0.15, 0.2) is 5.65 Å². The van der Waals surface area contributed by atoms with Crippen LogP contribution in [0.2, 0.25) is 0 Å². The Morgan fingerprint density at radius 3 is 2.63 bits per heavy atom. The van der Waals surface area contributed by atoms with Crippen molar-refractivity contribution < 1.29 is 19.8 Å². The lowest BCUT2D eigenvalue weighted by atomic mass is 10.1. The molecule has 0 aliphatic heterocycles. The summed E-state index contributed by atoms with van der Waals surface area (Å²) in [6, 6.07) is 6.93. The maximum atomic E-state index is 12.2. The van der Waals surface area contributed by atoms with E-state index in [1.165, 1.54) is 0 Å². The van der Waals surface area contributed by atoms with E-state index in [9.17, 15) is 14.4 Å². The number of benzene rings is 1. The van der Waals surface area contributed by atoms with Gasteiger partial charge in [0.25, 0.3) is 11.5 Å². The fourth-order valence-corrected chi connectivity index (χ4v) is 2.75. The number of aliphatic hydroxyl groups excluding tert-OH is 1. The summed E-state index contributed by atoms with van der Waals surface area (Å²) in [5.74, 6) is -1.76. The van der Waals surface area contributed by atoms with E-state index < -0.39 is 17.9 Å². The standard InChI is InChI=1S/C19H20N6O5/c20-19-24-15-13(17(28)25-19)7-10(9-22-15)8-21-12-3-1-11(2-4-12)16(27)23-14(5-6-26)18(29)30/h1-4,7,9,14,21,26H,5-6,8H2,(H,23,27)(H,29,30)(H3,20,22,24,25,28)/t14-/m0/s1. The number of carboxylic acid groups (broad SMARTS) is 1. The summed E-state index contributed by atoms with van der Waals surface area (Å²) in [5.41, 5.74) is 7.13. The Morgan fingerprint density at radius 1 is 1.23 bits per heavy atom. The first-order valence-corrected chi connectivity index (χ1v) is 9.00. The quantitative estimate of drug-likeness (QED) is 0.298. The van der Waals surface area contributed by atoms with Crippen LogP contribution in [0.15, 0.2) is 41.3 Å². The lowest BCUT2D eigenvalue weighted by molar-refractivity contribution is -0.139. The van der Waals surface area contributed by atoms with Crippen LogP contribution in [-0.4, -0.2) is 49.7 Å². The van der Waals surface area contributed by atoms with Gasteiger partial charge in [0.1, 0.15) is 6.04 Å². The predicted molar refractivity (Wildman–Crippen MR) is 109 cm³/mol. The normalized spacial score (nSPS) is 11.8. The summed E-state index contributed by atoms with van der Waals surface area (Å²) >= 11 is 0. The molecule has 156 valence electrons. The van der Waals surface area contributed by atoms with Gasteiger partial charge in [-0.3, -0.25) is 14.6 Å². The van der Waals surface area contributed by atoms with Gasteiger partial charge in [-0.2, -0.15) is 4.98 Å². The molecule has 0 bridgehead atoms. The Morgan fingerprint density at radius 2 is 1.97 bits per heavy atom. The number of nitrogen functional groups attached to an aromatic ring is 1. The van der Waals surface area contributed by atoms with Gasteiger partial charge in [0.2, 0.25) is 5.95 Å². The number of nitrogens with zero attached hydrogens (tertiary/aromatic N) is 2. The molecule has 0 saturated heterocycles. The summed E-state index contributed by atoms with van der Waals surface area (Å²) in [7, 11) is 0. The van der Waals surface area contributed by atoms with Gasteiger partial charge in [-0.15, -0.1) is 0 Å². The van der Waals surface area contributed by atoms with Crippen LogP contribution in [0.25, 0.3) is 11.0 Å². The number of aliphatic carboxylic acids is 1. The third-order valence-corrected chi connectivity index (χ3v) is 4.30. The zero-order valence-corrected chi connectivity index (χ0v) is 15.8. The van der Waals surface area contributed by atoms with Crippen LogP contribution < -0.4 is 21.9 Å². The number of hydrogen-bond acceptors (Lipinski definition) is 8. The molecule has 0 fully saturated rings. The number of nitrogens with one attached hydrogen (secondary N) is 3. The van der Waals surface area contributed by atoms with Crippen molar-refractivity contribution in [3.05, 3.63) is 58.0 Å². The van der Waals surface area contributed by atoms with Crippen LogP contribution in [0, 0.1) is 0 Å². The largest absolute Gasteiger partial charge is 0.480 e. The highest BCUT2D eigenvalue weighted by Crippen LogP contribution is 2.13. The molecule has 11 heteroatoms. The van der Waals surface area contributed by atoms with Crippen molar-refractivity contribution in [3.63, 3.8) is 0 Å². The van der Waals surface area contributed by atoms with Crippen molar-refractivity contribution in [2.45, 2.75) is 19.0 Å². The van der Waals surface area contributed by atoms with Gasteiger partial charge in [0, 0.05) is 37.0 Å². The van der Waals surface area contributed by atoms with Gasteiger partial charge >= 0.3 is 5.97 Å². The molecule has 0 spiro atoms. The van der Waals surface area contributed by atoms with Crippen LogP contribution in [-0.2, 0) is 11.3 Å². The first-order chi connectivity index (χ1) is 14.4. The smallest absolute Gasteiger partial charge is 0.326 e. The average Bonchev–Trinajstić information content (AvgIpc) is 2.72. The number of rotatable bonds is 8. The first-order valence-electron chi connectivity index (χ1n) is 9.00. The molecule has 0 aliphatic rings. The molecule has 2 heterocycles. The third-order valence-electron chi connectivity index (χ3n) is 4.30. The second-order valence-electron chi connectivity index (χ2n) is 6.47. The molecule has 11 nitrogen and oxygen atoms in total. The second-order valence-corrected chi connectivity index (χ2v) is 6.47. The molecule has 0 saturated carbocycles. The van der Waals surface area contributed by atoms with Gasteiger partial charge in [0.05, 0.1) is 5.39 Å². The molecule has 1 amide bonds. The monoisotopic (exact) mass is 412 g/mol. The Kier molecular flexibility index (Phi) is 6.23. The summed E-state index contributed by atoms with van der Waals surface area (Å²) in [6.45, 7) is 0.0228. The molecule has 1 aromatic carbocycles. The zero-order valence-electron chi connectivity index (χ0n) is 15.8. The van der Waals surface area contributed by atoms with E-state index in [0.717, 1.165) is 5.56 Å². The minimum atomic E-state index is -1.21. The highest BCUT2D eigenvalue weighted by Gasteiger charge is 2.19. The third kappa shape index (κ3) is 4.89. The van der Waals surface area contributed by atoms with Gasteiger partial charge in [-0.05, 0) is 35.9 Å². The molecule has 7 N–H and O–H groups in total. The fraction of sp³-hybridized carbons (Fsp3) is 0.211. The fourth-order valence-electron chi connectivity index (χ4n) is 2.75. The summed E-state index contributed by atoms with van der Waals surface area (Å²) in [4.78, 5) is 45.7. The molecular formula is C19H20N6O5. The van der Waals surface area contributed by atoms with Gasteiger partial charge in [-0.1, -0.05) is 0 Å². The number of H-pyrrole nitrogens is 1. The molecule has 0 aliphatic carbocycles. The molecule has 1 atom stereocenters. The number of carbonyl (C=O) groups is 2. The van der Waals surface area contributed by atoms with Crippen LogP contribution in [0.4, 0.5) is 11.6 Å². The zero-order chi connectivity index (χ0) is 21.7. The minimum Gasteiger partial charge on any atom is -0.480 e. The van der Waals surface area contributed by atoms with Gasteiger partial charge in [-0.25, -0.2) is 9.78 Å². The van der Waals surface area contributed by atoms with E-state index in [1.54, 1.807) is 36.5 Å². The average molecular weight is 412 g/mol. The summed E-state index contributed by atoms with van der Waals surface area (Å²) < 4.78 is 0. The van der Waals surface area contributed by atoms with E-state index in [0.29, 0.717) is 17.6 Å². The van der Waals surface area contributed by atoms with E-state index >= 15 is 0 Å². The number of amides is 1. The van der Waals surface area contributed by atoms with Gasteiger partial charge < -0.3 is 26.6 Å². The number of fused-ring (bicyclic) bond motifs is 1. The lowest BCUT2D eigenvalue weighted by Gasteiger charge is -2.13. The Bertz CT molecular complexity index is 1130. The first kappa shape index (κ1) is 20.7. The number of carbonyl (C=O) groups excluding carboxylic acids is 1. The molecule has 0 radical (unpaired) electrons. The number of hydrogen-bond donors (Lipinski definition) is 6. The molecule has 3 rings (SSSR count). The van der Waals surface area contributed by atoms with Crippen molar-refractivity contribution in [3.8, 4) is 0 Å². The number of carboxylic acids is 1. The Labute approximate surface area is 170 Å². The number of aromatic amines is 1. The highest BCUT2D eigenvalue weighted by molar-refractivity contribution is 5.96. The van der Waals surface area contributed by atoms with Crippen molar-refractivity contribution in [2.24, 2.45) is 0 Å². The number of anilines is 2. The Hall–Kier alpha value is -3.99. The van der Waals surface area contributed by atoms with Crippen molar-refractivity contribution in [2.75, 3.05) is 17.7 Å². The second kappa shape index (κ2) is 9.01. The molecule has 30 heavy (non-hydrogen) atoms. The van der Waals surface area contributed by atoms with E-state index in [-0.39, 0.29) is 35.7 Å². The number of nitrogens with two attached hydrogens (primary N) is 1. The summed E-state index contributed by atoms with van der Waals surface area (Å²) in [5, 5.41) is 23.8. The predicted octanol–water partition coefficient (Wildman–Crippen LogP) is 0.0778. The van der Waals surface area contributed by atoms with Crippen LogP contribution in [0.3, 0.4) is 0 Å². The number of aliphatic hydroxyl groups is 1. The minimum absolute atomic E-state index is 0.000961. The summed E-state index contributed by atoms with van der Waals surface area (Å²) in [6.07, 6.45) is 1.50. The Balaban J connectivity index is 1.64. The number of pyridine rings is 1. The highest BCUT2D eigenvalue weighted by atomic mass is 16.4. The SMILES string of the molecule is Nc1nc2ncc(CNc3ccc(C(=O)N[C@@H](CCO)C(=O)O)cc3)cc2c(=O)[nH]1. The molecule has 0 unspecified atom stereocenters. The van der Waals surface area contributed by atoms with Crippen molar-refractivity contribution in [1.29, 1.82) is 0 Å². The van der Waals surface area contributed by atoms with Crippen LogP contribution in [0.5, 0.6) is 0 Å². The molecular weight excluding hydrogens is 392 g/mol. The van der Waals surface area contributed by atoms with Crippen LogP contribution in [0.1, 0.15) is 22.3 Å².